The van der Waals surface area contributed by atoms with Crippen LogP contribution in [0.1, 0.15) is 25.3 Å². The van der Waals surface area contributed by atoms with Crippen molar-refractivity contribution in [3.8, 4) is 0 Å². The van der Waals surface area contributed by atoms with Gasteiger partial charge < -0.3 is 4.90 Å². The van der Waals surface area contributed by atoms with Crippen LogP contribution in [-0.2, 0) is 11.3 Å². The zero-order valence-electron chi connectivity index (χ0n) is 12.0. The highest BCUT2D eigenvalue weighted by Gasteiger charge is 2.12. The second-order valence-corrected chi connectivity index (χ2v) is 4.97. The molecule has 3 nitrogen and oxygen atoms in total. The highest BCUT2D eigenvalue weighted by Crippen LogP contribution is 2.06. The van der Waals surface area contributed by atoms with Crippen LogP contribution in [-0.4, -0.2) is 42.9 Å². The van der Waals surface area contributed by atoms with Crippen molar-refractivity contribution in [2.75, 3.05) is 27.2 Å². The van der Waals surface area contributed by atoms with Crippen molar-refractivity contribution < 1.29 is 9.18 Å². The zero-order chi connectivity index (χ0) is 14.3. The van der Waals surface area contributed by atoms with Gasteiger partial charge in [0.2, 0.25) is 5.91 Å². The molecule has 1 rings (SSSR count). The van der Waals surface area contributed by atoms with E-state index in [0.29, 0.717) is 13.1 Å². The first-order valence-corrected chi connectivity index (χ1v) is 6.70. The van der Waals surface area contributed by atoms with Crippen molar-refractivity contribution in [2.45, 2.75) is 26.3 Å². The lowest BCUT2D eigenvalue weighted by Crippen LogP contribution is -2.36. The molecule has 0 aliphatic heterocycles. The number of halogens is 1. The summed E-state index contributed by atoms with van der Waals surface area (Å²) in [5.74, 6) is -0.207. The lowest BCUT2D eigenvalue weighted by atomic mass is 10.2. The normalized spacial score (nSPS) is 10.8. The van der Waals surface area contributed by atoms with E-state index < -0.39 is 0 Å². The molecule has 0 spiro atoms. The van der Waals surface area contributed by atoms with Crippen molar-refractivity contribution in [3.63, 3.8) is 0 Å². The molecule has 0 aromatic heterocycles. The molecule has 1 amide bonds. The molecule has 1 aromatic carbocycles. The molecule has 0 saturated heterocycles. The van der Waals surface area contributed by atoms with E-state index in [2.05, 4.69) is 6.92 Å². The van der Waals surface area contributed by atoms with E-state index in [1.54, 1.807) is 18.0 Å². The van der Waals surface area contributed by atoms with Crippen LogP contribution >= 0.6 is 0 Å². The van der Waals surface area contributed by atoms with Crippen LogP contribution in [0.15, 0.2) is 24.3 Å². The summed E-state index contributed by atoms with van der Waals surface area (Å²) in [6.45, 7) is 3.91. The predicted molar refractivity (Wildman–Crippen MR) is 75.3 cm³/mol. The first-order chi connectivity index (χ1) is 9.02. The van der Waals surface area contributed by atoms with Crippen LogP contribution in [0.3, 0.4) is 0 Å². The van der Waals surface area contributed by atoms with Gasteiger partial charge in [-0.15, -0.1) is 0 Å². The van der Waals surface area contributed by atoms with Gasteiger partial charge >= 0.3 is 0 Å². The number of likely N-dealkylation sites (N-methyl/N-ethyl adjacent to an activating group) is 2. The Balaban J connectivity index is 2.44. The van der Waals surface area contributed by atoms with Crippen molar-refractivity contribution in [2.24, 2.45) is 0 Å². The molecule has 1 aromatic rings. The average molecular weight is 266 g/mol. The second kappa shape index (κ2) is 7.89. The Labute approximate surface area is 115 Å². The first-order valence-electron chi connectivity index (χ1n) is 6.70. The van der Waals surface area contributed by atoms with Crippen molar-refractivity contribution in [1.29, 1.82) is 0 Å². The number of rotatable bonds is 7. The van der Waals surface area contributed by atoms with Gasteiger partial charge in [-0.3, -0.25) is 9.69 Å². The second-order valence-electron chi connectivity index (χ2n) is 4.97. The molecule has 106 valence electrons. The van der Waals surface area contributed by atoms with Gasteiger partial charge in [0.15, 0.2) is 0 Å². The summed E-state index contributed by atoms with van der Waals surface area (Å²) in [4.78, 5) is 15.7. The topological polar surface area (TPSA) is 23.6 Å². The number of amides is 1. The Morgan fingerprint density at radius 2 is 2.05 bits per heavy atom. The van der Waals surface area contributed by atoms with Crippen LogP contribution in [0, 0.1) is 5.82 Å². The summed E-state index contributed by atoms with van der Waals surface area (Å²) < 4.78 is 13.1. The molecule has 4 heteroatoms. The predicted octanol–water partition coefficient (Wildman–Crippen LogP) is 2.52. The molecule has 0 unspecified atom stereocenters. The van der Waals surface area contributed by atoms with E-state index in [0.717, 1.165) is 24.9 Å². The maximum atomic E-state index is 13.1. The summed E-state index contributed by atoms with van der Waals surface area (Å²) >= 11 is 0. The third-order valence-electron chi connectivity index (χ3n) is 3.03. The lowest BCUT2D eigenvalue weighted by Gasteiger charge is -2.21. The van der Waals surface area contributed by atoms with Crippen molar-refractivity contribution in [3.05, 3.63) is 35.6 Å². The van der Waals surface area contributed by atoms with Gasteiger partial charge in [0.1, 0.15) is 5.82 Å². The van der Waals surface area contributed by atoms with E-state index in [4.69, 9.17) is 0 Å². The number of unbranched alkanes of at least 4 members (excludes halogenated alkanes) is 1. The van der Waals surface area contributed by atoms with Gasteiger partial charge in [-0.2, -0.15) is 0 Å². The van der Waals surface area contributed by atoms with E-state index in [1.807, 2.05) is 18.0 Å². The molecule has 0 atom stereocenters. The summed E-state index contributed by atoms with van der Waals surface area (Å²) in [7, 11) is 3.70. The van der Waals surface area contributed by atoms with E-state index >= 15 is 0 Å². The molecule has 19 heavy (non-hydrogen) atoms. The first kappa shape index (κ1) is 15.6. The Hall–Kier alpha value is -1.42. The third kappa shape index (κ3) is 5.83. The van der Waals surface area contributed by atoms with Crippen molar-refractivity contribution in [1.82, 2.24) is 9.80 Å². The number of benzene rings is 1. The molecule has 0 aliphatic carbocycles. The summed E-state index contributed by atoms with van der Waals surface area (Å²) in [5, 5.41) is 0. The summed E-state index contributed by atoms with van der Waals surface area (Å²) in [6.07, 6.45) is 2.22. The lowest BCUT2D eigenvalue weighted by molar-refractivity contribution is -0.131. The quantitative estimate of drug-likeness (QED) is 0.757. The van der Waals surface area contributed by atoms with Crippen LogP contribution in [0.5, 0.6) is 0 Å². The maximum Gasteiger partial charge on any atom is 0.236 e. The highest BCUT2D eigenvalue weighted by molar-refractivity contribution is 5.77. The van der Waals surface area contributed by atoms with Crippen LogP contribution < -0.4 is 0 Å². The number of hydrogen-bond donors (Lipinski definition) is 0. The summed E-state index contributed by atoms with van der Waals surface area (Å²) in [5.41, 5.74) is 0.812. The van der Waals surface area contributed by atoms with Crippen LogP contribution in [0.2, 0.25) is 0 Å². The van der Waals surface area contributed by atoms with Gasteiger partial charge in [-0.05, 0) is 37.7 Å². The average Bonchev–Trinajstić information content (AvgIpc) is 2.36. The zero-order valence-corrected chi connectivity index (χ0v) is 12.0. The fourth-order valence-electron chi connectivity index (χ4n) is 1.86. The highest BCUT2D eigenvalue weighted by atomic mass is 19.1. The minimum Gasteiger partial charge on any atom is -0.340 e. The molecule has 0 radical (unpaired) electrons. The number of carbonyl (C=O) groups excluding carboxylic acids is 1. The smallest absolute Gasteiger partial charge is 0.236 e. The third-order valence-corrected chi connectivity index (χ3v) is 3.03. The van der Waals surface area contributed by atoms with Gasteiger partial charge in [-0.1, -0.05) is 25.5 Å². The molecule has 0 N–H and O–H groups in total. The Bertz CT molecular complexity index is 409. The molecule has 0 bridgehead atoms. The maximum absolute atomic E-state index is 13.1. The minimum atomic E-state index is -0.265. The molecule has 0 aliphatic rings. The van der Waals surface area contributed by atoms with Crippen LogP contribution in [0.25, 0.3) is 0 Å². The molecular weight excluding hydrogens is 243 g/mol. The van der Waals surface area contributed by atoms with E-state index in [-0.39, 0.29) is 11.7 Å². The molecule has 0 fully saturated rings. The van der Waals surface area contributed by atoms with E-state index in [1.165, 1.54) is 12.1 Å². The fourth-order valence-corrected chi connectivity index (χ4v) is 1.86. The summed E-state index contributed by atoms with van der Waals surface area (Å²) in [6, 6.07) is 6.36. The van der Waals surface area contributed by atoms with E-state index in [9.17, 15) is 9.18 Å². The fraction of sp³-hybridized carbons (Fsp3) is 0.533. The van der Waals surface area contributed by atoms with Gasteiger partial charge in [0.05, 0.1) is 6.54 Å². The van der Waals surface area contributed by atoms with Gasteiger partial charge in [-0.25, -0.2) is 4.39 Å². The van der Waals surface area contributed by atoms with Crippen molar-refractivity contribution >= 4 is 5.91 Å². The largest absolute Gasteiger partial charge is 0.340 e. The van der Waals surface area contributed by atoms with Gasteiger partial charge in [0.25, 0.3) is 0 Å². The minimum absolute atomic E-state index is 0.0582. The molecule has 0 heterocycles. The van der Waals surface area contributed by atoms with Crippen LogP contribution in [0.4, 0.5) is 4.39 Å². The standard InChI is InChI=1S/C15H23FN2O/c1-4-5-9-17(2)12-15(19)18(3)11-13-7-6-8-14(16)10-13/h6-8,10H,4-5,9,11-12H2,1-3H3. The Morgan fingerprint density at radius 3 is 2.68 bits per heavy atom. The SMILES string of the molecule is CCCCN(C)CC(=O)N(C)Cc1cccc(F)c1. The Morgan fingerprint density at radius 1 is 1.32 bits per heavy atom. The number of carbonyl (C=O) groups is 1. The Kier molecular flexibility index (Phi) is 6.50. The van der Waals surface area contributed by atoms with Gasteiger partial charge in [0, 0.05) is 13.6 Å². The molecular formula is C15H23FN2O. The monoisotopic (exact) mass is 266 g/mol. The molecule has 0 saturated carbocycles. The number of hydrogen-bond acceptors (Lipinski definition) is 2. The number of nitrogens with zero attached hydrogens (tertiary/aromatic N) is 2.